The number of piperidine rings is 1. The van der Waals surface area contributed by atoms with Crippen LogP contribution in [0.25, 0.3) is 0 Å². The highest BCUT2D eigenvalue weighted by Crippen LogP contribution is 2.31. The summed E-state index contributed by atoms with van der Waals surface area (Å²) < 4.78 is 7.22. The minimum atomic E-state index is -0.643. The van der Waals surface area contributed by atoms with E-state index in [9.17, 15) is 9.59 Å². The number of benzene rings is 1. The molecule has 2 aromatic heterocycles. The first-order valence-corrected chi connectivity index (χ1v) is 11.0. The second-order valence-electron chi connectivity index (χ2n) is 8.65. The van der Waals surface area contributed by atoms with E-state index < -0.39 is 5.41 Å². The third-order valence-corrected chi connectivity index (χ3v) is 6.02. The molecule has 8 nitrogen and oxygen atoms in total. The van der Waals surface area contributed by atoms with Crippen molar-refractivity contribution in [2.24, 2.45) is 5.41 Å². The quantitative estimate of drug-likeness (QED) is 0.616. The normalized spacial score (nSPS) is 18.5. The number of nitrogens with one attached hydrogen (secondary N) is 1. The van der Waals surface area contributed by atoms with Crippen LogP contribution in [0.4, 0.5) is 0 Å². The van der Waals surface area contributed by atoms with Crippen LogP contribution in [0.1, 0.15) is 54.1 Å². The molecule has 3 heterocycles. The van der Waals surface area contributed by atoms with Gasteiger partial charge in [-0.3, -0.25) is 9.59 Å². The highest BCUT2D eigenvalue weighted by atomic mass is 16.5. The summed E-state index contributed by atoms with van der Waals surface area (Å²) in [5.74, 6) is 0.523. The number of hydrogen-bond donors (Lipinski definition) is 1. The third kappa shape index (κ3) is 4.90. The molecule has 1 N–H and O–H groups in total. The van der Waals surface area contributed by atoms with Crippen molar-refractivity contribution < 1.29 is 14.1 Å². The van der Waals surface area contributed by atoms with Crippen LogP contribution in [0.2, 0.25) is 0 Å². The van der Waals surface area contributed by atoms with Gasteiger partial charge in [0.2, 0.25) is 5.91 Å². The molecule has 2 amide bonds. The molecule has 1 aliphatic heterocycles. The summed E-state index contributed by atoms with van der Waals surface area (Å²) in [7, 11) is 0. The van der Waals surface area contributed by atoms with Gasteiger partial charge in [-0.1, -0.05) is 24.2 Å². The van der Waals surface area contributed by atoms with Crippen LogP contribution in [0, 0.1) is 5.41 Å². The van der Waals surface area contributed by atoms with Gasteiger partial charge in [-0.05, 0) is 43.9 Å². The van der Waals surface area contributed by atoms with Crippen molar-refractivity contribution in [1.82, 2.24) is 24.9 Å². The number of likely N-dealkylation sites (tertiary alicyclic amines) is 1. The summed E-state index contributed by atoms with van der Waals surface area (Å²) in [6.45, 7) is 5.92. The minimum absolute atomic E-state index is 0.0426. The van der Waals surface area contributed by atoms with E-state index in [1.165, 1.54) is 0 Å². The zero-order valence-electron chi connectivity index (χ0n) is 18.6. The molecule has 168 valence electrons. The van der Waals surface area contributed by atoms with Crippen LogP contribution >= 0.6 is 0 Å². The monoisotopic (exact) mass is 435 g/mol. The van der Waals surface area contributed by atoms with Crippen LogP contribution in [-0.4, -0.2) is 44.5 Å². The summed E-state index contributed by atoms with van der Waals surface area (Å²) in [4.78, 5) is 32.1. The standard InChI is InChI=1S/C24H29N5O3/c1-3-20-13-21(32-27-20)14-26-23(31)24(2)8-5-10-29(16-24)22(30)19-7-4-6-18(12-19)15-28-11-9-25-17-28/h4,6-7,9,11-13,17H,3,5,8,10,14-16H2,1-2H3,(H,26,31). The van der Waals surface area contributed by atoms with Crippen molar-refractivity contribution in [3.05, 3.63) is 71.6 Å². The van der Waals surface area contributed by atoms with E-state index in [2.05, 4.69) is 15.5 Å². The SMILES string of the molecule is CCc1cc(CNC(=O)C2(C)CCCN(C(=O)c3cccc(Cn4ccnc4)c3)C2)on1. The van der Waals surface area contributed by atoms with Gasteiger partial charge >= 0.3 is 0 Å². The second-order valence-corrected chi connectivity index (χ2v) is 8.65. The summed E-state index contributed by atoms with van der Waals surface area (Å²) in [6, 6.07) is 9.51. The largest absolute Gasteiger partial charge is 0.359 e. The van der Waals surface area contributed by atoms with Crippen molar-refractivity contribution in [1.29, 1.82) is 0 Å². The zero-order valence-corrected chi connectivity index (χ0v) is 18.6. The summed E-state index contributed by atoms with van der Waals surface area (Å²) in [5, 5.41) is 6.92. The number of rotatable bonds is 7. The molecule has 0 aliphatic carbocycles. The highest BCUT2D eigenvalue weighted by Gasteiger charge is 2.39. The fourth-order valence-corrected chi connectivity index (χ4v) is 4.16. The van der Waals surface area contributed by atoms with E-state index in [1.54, 1.807) is 17.4 Å². The van der Waals surface area contributed by atoms with Crippen molar-refractivity contribution in [2.75, 3.05) is 13.1 Å². The molecule has 8 heteroatoms. The van der Waals surface area contributed by atoms with E-state index in [0.717, 1.165) is 30.5 Å². The molecule has 0 spiro atoms. The maximum Gasteiger partial charge on any atom is 0.253 e. The van der Waals surface area contributed by atoms with E-state index in [-0.39, 0.29) is 11.8 Å². The first-order valence-electron chi connectivity index (χ1n) is 11.0. The van der Waals surface area contributed by atoms with Gasteiger partial charge in [-0.2, -0.15) is 0 Å². The van der Waals surface area contributed by atoms with Crippen LogP contribution in [0.3, 0.4) is 0 Å². The molecule has 4 rings (SSSR count). The van der Waals surface area contributed by atoms with Gasteiger partial charge in [0.25, 0.3) is 5.91 Å². The van der Waals surface area contributed by atoms with E-state index in [4.69, 9.17) is 4.52 Å². The van der Waals surface area contributed by atoms with Crippen molar-refractivity contribution in [2.45, 2.75) is 46.2 Å². The Hall–Kier alpha value is -3.42. The predicted octanol–water partition coefficient (Wildman–Crippen LogP) is 3.04. The fourth-order valence-electron chi connectivity index (χ4n) is 4.16. The molecular formula is C24H29N5O3. The van der Waals surface area contributed by atoms with Gasteiger partial charge in [-0.15, -0.1) is 0 Å². The Kier molecular flexibility index (Phi) is 6.39. The Morgan fingerprint density at radius 1 is 1.28 bits per heavy atom. The molecule has 1 aliphatic rings. The van der Waals surface area contributed by atoms with E-state index >= 15 is 0 Å². The van der Waals surface area contributed by atoms with Gasteiger partial charge in [0.05, 0.1) is 24.0 Å². The van der Waals surface area contributed by atoms with Gasteiger partial charge < -0.3 is 19.3 Å². The molecule has 1 aromatic carbocycles. The van der Waals surface area contributed by atoms with Crippen molar-refractivity contribution in [3.8, 4) is 0 Å². The molecule has 1 atom stereocenters. The summed E-state index contributed by atoms with van der Waals surface area (Å²) >= 11 is 0. The number of aromatic nitrogens is 3. The Morgan fingerprint density at radius 3 is 2.91 bits per heavy atom. The van der Waals surface area contributed by atoms with Gasteiger partial charge in [0.15, 0.2) is 5.76 Å². The number of carbonyl (C=O) groups is 2. The van der Waals surface area contributed by atoms with Gasteiger partial charge in [0.1, 0.15) is 0 Å². The number of imidazole rings is 1. The molecule has 0 bridgehead atoms. The maximum atomic E-state index is 13.2. The molecule has 1 saturated heterocycles. The van der Waals surface area contributed by atoms with Gasteiger partial charge in [0, 0.05) is 43.7 Å². The number of carbonyl (C=O) groups excluding carboxylic acids is 2. The molecular weight excluding hydrogens is 406 g/mol. The molecule has 3 aromatic rings. The van der Waals surface area contributed by atoms with Crippen LogP contribution in [-0.2, 0) is 24.3 Å². The first kappa shape index (κ1) is 21.8. The number of hydrogen-bond acceptors (Lipinski definition) is 5. The first-order chi connectivity index (χ1) is 15.5. The number of aryl methyl sites for hydroxylation is 1. The lowest BCUT2D eigenvalue weighted by atomic mass is 9.80. The van der Waals surface area contributed by atoms with Gasteiger partial charge in [-0.25, -0.2) is 4.98 Å². The molecule has 32 heavy (non-hydrogen) atoms. The molecule has 1 fully saturated rings. The summed E-state index contributed by atoms with van der Waals surface area (Å²) in [5.41, 5.74) is 1.90. The van der Waals surface area contributed by atoms with Crippen LogP contribution in [0.5, 0.6) is 0 Å². The Balaban J connectivity index is 1.40. The highest BCUT2D eigenvalue weighted by molar-refractivity contribution is 5.95. The average molecular weight is 436 g/mol. The third-order valence-electron chi connectivity index (χ3n) is 6.02. The van der Waals surface area contributed by atoms with Crippen LogP contribution < -0.4 is 5.32 Å². The summed E-state index contributed by atoms with van der Waals surface area (Å²) in [6.07, 6.45) is 7.69. The lowest BCUT2D eigenvalue weighted by molar-refractivity contribution is -0.132. The zero-order chi connectivity index (χ0) is 22.6. The van der Waals surface area contributed by atoms with Crippen molar-refractivity contribution in [3.63, 3.8) is 0 Å². The lowest BCUT2D eigenvalue weighted by Gasteiger charge is -2.39. The Bertz CT molecular complexity index is 1080. The second kappa shape index (κ2) is 9.38. The molecule has 1 unspecified atom stereocenters. The minimum Gasteiger partial charge on any atom is -0.359 e. The average Bonchev–Trinajstić information content (AvgIpc) is 3.49. The smallest absolute Gasteiger partial charge is 0.253 e. The number of amides is 2. The maximum absolute atomic E-state index is 13.2. The Labute approximate surface area is 187 Å². The van der Waals surface area contributed by atoms with E-state index in [0.29, 0.717) is 37.5 Å². The predicted molar refractivity (Wildman–Crippen MR) is 119 cm³/mol. The van der Waals surface area contributed by atoms with Crippen LogP contribution in [0.15, 0.2) is 53.6 Å². The molecule has 0 radical (unpaired) electrons. The molecule has 0 saturated carbocycles. The lowest BCUT2D eigenvalue weighted by Crippen LogP contribution is -2.51. The van der Waals surface area contributed by atoms with E-state index in [1.807, 2.05) is 54.9 Å². The number of nitrogens with zero attached hydrogens (tertiary/aromatic N) is 4. The topological polar surface area (TPSA) is 93.3 Å². The van der Waals surface area contributed by atoms with Crippen molar-refractivity contribution >= 4 is 11.8 Å². The Morgan fingerprint density at radius 2 is 2.16 bits per heavy atom. The fraction of sp³-hybridized carbons (Fsp3) is 0.417.